The molecule has 0 spiro atoms. The molecule has 3 aromatic carbocycles. The summed E-state index contributed by atoms with van der Waals surface area (Å²) in [5, 5.41) is 3.00. The van der Waals surface area contributed by atoms with Crippen molar-refractivity contribution in [3.05, 3.63) is 77.6 Å². The van der Waals surface area contributed by atoms with Gasteiger partial charge in [-0.1, -0.05) is 37.5 Å². The first-order valence-corrected chi connectivity index (χ1v) is 12.8. The third kappa shape index (κ3) is 5.17. The summed E-state index contributed by atoms with van der Waals surface area (Å²) in [6.45, 7) is 0.476. The largest absolute Gasteiger partial charge is 0.493 e. The highest BCUT2D eigenvalue weighted by atomic mass is 19.1. The Labute approximate surface area is 216 Å². The molecule has 0 saturated heterocycles. The number of amides is 1. The average Bonchev–Trinajstić information content (AvgIpc) is 3.32. The molecular formula is C30H32FN3O3. The number of benzene rings is 3. The van der Waals surface area contributed by atoms with Gasteiger partial charge in [-0.3, -0.25) is 4.79 Å². The van der Waals surface area contributed by atoms with Gasteiger partial charge in [-0.2, -0.15) is 0 Å². The molecule has 6 nitrogen and oxygen atoms in total. The van der Waals surface area contributed by atoms with Crippen LogP contribution in [0.15, 0.2) is 60.7 Å². The number of carbonyl (C=O) groups excluding carboxylic acids is 1. The molecule has 1 aromatic heterocycles. The lowest BCUT2D eigenvalue weighted by molar-refractivity contribution is 0.0954. The summed E-state index contributed by atoms with van der Waals surface area (Å²) in [7, 11) is 3.21. The number of methoxy groups -OCH3 is 2. The van der Waals surface area contributed by atoms with Gasteiger partial charge < -0.3 is 19.4 Å². The van der Waals surface area contributed by atoms with Crippen molar-refractivity contribution < 1.29 is 18.7 Å². The lowest BCUT2D eigenvalue weighted by Gasteiger charge is -2.25. The van der Waals surface area contributed by atoms with Gasteiger partial charge in [0.25, 0.3) is 5.91 Å². The molecule has 1 fully saturated rings. The molecule has 37 heavy (non-hydrogen) atoms. The van der Waals surface area contributed by atoms with Crippen molar-refractivity contribution in [1.82, 2.24) is 14.9 Å². The molecule has 0 unspecified atom stereocenters. The Morgan fingerprint density at radius 2 is 1.78 bits per heavy atom. The number of aromatic nitrogens is 2. The molecule has 5 rings (SSSR count). The van der Waals surface area contributed by atoms with E-state index >= 15 is 0 Å². The normalized spacial score (nSPS) is 14.0. The molecule has 0 radical (unpaired) electrons. The second kappa shape index (κ2) is 11.0. The molecule has 192 valence electrons. The molecule has 1 aliphatic carbocycles. The molecule has 1 aliphatic rings. The van der Waals surface area contributed by atoms with Crippen molar-refractivity contribution in [2.24, 2.45) is 0 Å². The average molecular weight is 502 g/mol. The quantitative estimate of drug-likeness (QED) is 0.306. The van der Waals surface area contributed by atoms with Crippen LogP contribution in [0.2, 0.25) is 0 Å². The number of fused-ring (bicyclic) bond motifs is 1. The minimum atomic E-state index is -0.289. The lowest BCUT2D eigenvalue weighted by atomic mass is 9.94. The molecule has 1 N–H and O–H groups in total. The van der Waals surface area contributed by atoms with Crippen LogP contribution in [0.5, 0.6) is 11.5 Å². The number of hydrogen-bond donors (Lipinski definition) is 1. The van der Waals surface area contributed by atoms with Gasteiger partial charge in [0, 0.05) is 18.2 Å². The van der Waals surface area contributed by atoms with Crippen LogP contribution >= 0.6 is 0 Å². The Kier molecular flexibility index (Phi) is 7.40. The van der Waals surface area contributed by atoms with Crippen molar-refractivity contribution in [2.45, 2.75) is 44.6 Å². The van der Waals surface area contributed by atoms with Gasteiger partial charge in [-0.15, -0.1) is 0 Å². The van der Waals surface area contributed by atoms with E-state index in [0.717, 1.165) is 36.8 Å². The highest BCUT2D eigenvalue weighted by Crippen LogP contribution is 2.37. The Bertz CT molecular complexity index is 1410. The monoisotopic (exact) mass is 501 g/mol. The second-order valence-corrected chi connectivity index (χ2v) is 9.48. The van der Waals surface area contributed by atoms with Crippen molar-refractivity contribution in [1.29, 1.82) is 0 Å². The molecule has 1 saturated carbocycles. The topological polar surface area (TPSA) is 65.4 Å². The number of ether oxygens (including phenoxy) is 2. The SMILES string of the molecule is COc1ccc(CCNC(=O)c2ccc3c(c2)nc(-c2ccccc2F)n3C2CCCCC2)cc1OC. The fourth-order valence-electron chi connectivity index (χ4n) is 5.24. The van der Waals surface area contributed by atoms with E-state index in [1.807, 2.05) is 42.5 Å². The maximum absolute atomic E-state index is 14.8. The van der Waals surface area contributed by atoms with E-state index in [2.05, 4.69) is 9.88 Å². The molecule has 1 heterocycles. The van der Waals surface area contributed by atoms with Crippen LogP contribution in [0.3, 0.4) is 0 Å². The van der Waals surface area contributed by atoms with E-state index in [1.165, 1.54) is 12.5 Å². The molecule has 4 aromatic rings. The van der Waals surface area contributed by atoms with Crippen LogP contribution < -0.4 is 14.8 Å². The highest BCUT2D eigenvalue weighted by Gasteiger charge is 2.24. The summed E-state index contributed by atoms with van der Waals surface area (Å²) < 4.78 is 27.6. The van der Waals surface area contributed by atoms with Gasteiger partial charge in [-0.25, -0.2) is 9.37 Å². The van der Waals surface area contributed by atoms with Gasteiger partial charge in [0.05, 0.1) is 30.8 Å². The predicted molar refractivity (Wildman–Crippen MR) is 143 cm³/mol. The summed E-state index contributed by atoms with van der Waals surface area (Å²) in [6.07, 6.45) is 6.29. The Hall–Kier alpha value is -3.87. The van der Waals surface area contributed by atoms with E-state index in [9.17, 15) is 9.18 Å². The Morgan fingerprint density at radius 1 is 1.00 bits per heavy atom. The fourth-order valence-corrected chi connectivity index (χ4v) is 5.24. The number of imidazole rings is 1. The molecule has 7 heteroatoms. The zero-order valence-corrected chi connectivity index (χ0v) is 21.3. The first-order chi connectivity index (χ1) is 18.1. The van der Waals surface area contributed by atoms with Crippen molar-refractivity contribution in [3.63, 3.8) is 0 Å². The van der Waals surface area contributed by atoms with Crippen LogP contribution in [-0.2, 0) is 6.42 Å². The van der Waals surface area contributed by atoms with Gasteiger partial charge in [0.2, 0.25) is 0 Å². The second-order valence-electron chi connectivity index (χ2n) is 9.48. The van der Waals surface area contributed by atoms with E-state index < -0.39 is 0 Å². The minimum absolute atomic E-state index is 0.165. The first kappa shape index (κ1) is 24.8. The summed E-state index contributed by atoms with van der Waals surface area (Å²) in [4.78, 5) is 17.8. The number of nitrogens with one attached hydrogen (secondary N) is 1. The fraction of sp³-hybridized carbons (Fsp3) is 0.333. The van der Waals surface area contributed by atoms with Crippen LogP contribution in [0.1, 0.15) is 54.1 Å². The number of rotatable bonds is 8. The predicted octanol–water partition coefficient (Wildman–Crippen LogP) is 6.34. The van der Waals surface area contributed by atoms with Crippen molar-refractivity contribution in [3.8, 4) is 22.9 Å². The van der Waals surface area contributed by atoms with Crippen LogP contribution in [0.4, 0.5) is 4.39 Å². The van der Waals surface area contributed by atoms with Crippen molar-refractivity contribution in [2.75, 3.05) is 20.8 Å². The molecular weight excluding hydrogens is 469 g/mol. The summed E-state index contributed by atoms with van der Waals surface area (Å²) in [5.74, 6) is 1.51. The summed E-state index contributed by atoms with van der Waals surface area (Å²) >= 11 is 0. The number of halogens is 1. The van der Waals surface area contributed by atoms with Gasteiger partial charge in [0.15, 0.2) is 11.5 Å². The Balaban J connectivity index is 1.38. The zero-order chi connectivity index (χ0) is 25.8. The molecule has 0 bridgehead atoms. The summed E-state index contributed by atoms with van der Waals surface area (Å²) in [5.41, 5.74) is 3.70. The maximum Gasteiger partial charge on any atom is 0.251 e. The number of carbonyl (C=O) groups is 1. The first-order valence-electron chi connectivity index (χ1n) is 12.8. The Morgan fingerprint density at radius 3 is 2.54 bits per heavy atom. The van der Waals surface area contributed by atoms with E-state index in [-0.39, 0.29) is 17.8 Å². The minimum Gasteiger partial charge on any atom is -0.493 e. The lowest BCUT2D eigenvalue weighted by Crippen LogP contribution is -2.25. The molecule has 0 atom stereocenters. The third-order valence-electron chi connectivity index (χ3n) is 7.15. The zero-order valence-electron chi connectivity index (χ0n) is 21.3. The number of hydrogen-bond acceptors (Lipinski definition) is 4. The van der Waals surface area contributed by atoms with E-state index in [0.29, 0.717) is 46.9 Å². The molecule has 1 amide bonds. The standard InChI is InChI=1S/C30H32FN3O3/c1-36-27-15-12-20(18-28(27)37-2)16-17-32-30(35)21-13-14-26-25(19-21)33-29(23-10-6-7-11-24(23)31)34(26)22-8-4-3-5-9-22/h6-7,10-15,18-19,22H,3-5,8-9,16-17H2,1-2H3,(H,32,35). The summed E-state index contributed by atoms with van der Waals surface area (Å²) in [6, 6.07) is 18.4. The smallest absolute Gasteiger partial charge is 0.251 e. The van der Waals surface area contributed by atoms with E-state index in [4.69, 9.17) is 14.5 Å². The highest BCUT2D eigenvalue weighted by molar-refractivity contribution is 5.98. The van der Waals surface area contributed by atoms with Crippen LogP contribution in [0.25, 0.3) is 22.4 Å². The van der Waals surface area contributed by atoms with Gasteiger partial charge >= 0.3 is 0 Å². The van der Waals surface area contributed by atoms with Crippen LogP contribution in [-0.4, -0.2) is 36.2 Å². The third-order valence-corrected chi connectivity index (χ3v) is 7.15. The van der Waals surface area contributed by atoms with Gasteiger partial charge in [-0.05, 0) is 67.3 Å². The number of nitrogens with zero attached hydrogens (tertiary/aromatic N) is 2. The van der Waals surface area contributed by atoms with E-state index in [1.54, 1.807) is 26.4 Å². The van der Waals surface area contributed by atoms with Crippen LogP contribution in [0, 0.1) is 5.82 Å². The molecule has 0 aliphatic heterocycles. The van der Waals surface area contributed by atoms with Crippen molar-refractivity contribution >= 4 is 16.9 Å². The van der Waals surface area contributed by atoms with Gasteiger partial charge in [0.1, 0.15) is 11.6 Å². The maximum atomic E-state index is 14.8.